The summed E-state index contributed by atoms with van der Waals surface area (Å²) in [7, 11) is -4.51. The summed E-state index contributed by atoms with van der Waals surface area (Å²) in [5.41, 5.74) is 0. The standard InChI is InChI=1S/C20H6.C19H37NO7S.2CH4.BrH.Na.15H2/c1-3-5-7-9-11-13-15-17-19-20-18-16-14-12-10-8-6-4-2;1-2-3-4-5-6-7-8-9-10-11-12-13-14-15-16-17-18-19-20-24-28(22,23)27-26-25-21;;;;;;;;;;;;;;;;;;;/h1-2H3;17-19,21H,2-16H2,1H3;2*1H4;1H;;15*1H/q;;;;;+1;;;;;;;;;;;;;;;/p-1/b;18-17+,20-19-;;;;;;;;;;;;;;;;;;;. The average molecular weight is 835 g/mol. The molecule has 8 nitrogen and oxygen atoms in total. The molecule has 0 atom stereocenters. The number of hydrogen-bond acceptors (Lipinski definition) is 8. The Morgan fingerprint density at radius 3 is 1.25 bits per heavy atom. The van der Waals surface area contributed by atoms with Gasteiger partial charge in [0.2, 0.25) is 0 Å². The molecule has 0 aromatic rings. The van der Waals surface area contributed by atoms with Gasteiger partial charge in [0, 0.05) is 21.4 Å². The van der Waals surface area contributed by atoms with Crippen LogP contribution in [0.2, 0.25) is 0 Å². The van der Waals surface area contributed by atoms with E-state index in [1.54, 1.807) is 19.9 Å². The maximum Gasteiger partial charge on any atom is 1.00 e. The zero-order valence-corrected chi connectivity index (χ0v) is 33.9. The van der Waals surface area contributed by atoms with Crippen LogP contribution >= 0.6 is 0 Å². The van der Waals surface area contributed by atoms with Crippen molar-refractivity contribution in [3.05, 3.63) is 12.2 Å². The van der Waals surface area contributed by atoms with Crippen LogP contribution in [0.3, 0.4) is 0 Å². The fourth-order valence-electron chi connectivity index (χ4n) is 3.35. The zero-order valence-electron chi connectivity index (χ0n) is 29.5. The van der Waals surface area contributed by atoms with Crippen LogP contribution in [0.25, 0.3) is 0 Å². The predicted molar refractivity (Wildman–Crippen MR) is 235 cm³/mol. The third kappa shape index (κ3) is 58.7. The summed E-state index contributed by atoms with van der Waals surface area (Å²) >= 11 is 0. The fraction of sp³-hybridized carbons (Fsp3) is 0.488. The van der Waals surface area contributed by atoms with E-state index in [9.17, 15) is 8.42 Å². The monoisotopic (exact) mass is 833 g/mol. The summed E-state index contributed by atoms with van der Waals surface area (Å²) in [5.74, 6) is 45.6. The number of nitrogens with zero attached hydrogens (tertiary/aromatic N) is 1. The molecule has 0 aromatic carbocycles. The topological polar surface area (TPSA) is 104 Å². The van der Waals surface area contributed by atoms with Crippen LogP contribution in [0, 0.1) is 107 Å². The Kier molecular flexibility index (Phi) is 63.3. The Morgan fingerprint density at radius 2 is 0.923 bits per heavy atom. The first kappa shape index (κ1) is 60.6. The van der Waals surface area contributed by atoms with Gasteiger partial charge in [-0.3, -0.25) is 0 Å². The molecule has 0 amide bonds. The minimum Gasteiger partial charge on any atom is -1.00 e. The number of hydrogen-bond donors (Lipinski definition) is 1. The van der Waals surface area contributed by atoms with Crippen LogP contribution in [-0.2, 0) is 29.1 Å². The second-order valence-corrected chi connectivity index (χ2v) is 10.4. The molecule has 0 aliphatic rings. The van der Waals surface area contributed by atoms with E-state index in [2.05, 4.69) is 137 Å². The van der Waals surface area contributed by atoms with Crippen molar-refractivity contribution >= 4 is 16.6 Å². The number of rotatable bonds is 21. The molecule has 0 unspecified atom stereocenters. The van der Waals surface area contributed by atoms with E-state index in [1.807, 2.05) is 6.08 Å². The normalized spacial score (nSPS) is 8.15. The van der Waals surface area contributed by atoms with Gasteiger partial charge in [-0.1, -0.05) is 128 Å². The fourth-order valence-corrected chi connectivity index (χ4v) is 3.62. The van der Waals surface area contributed by atoms with Crippen molar-refractivity contribution in [2.24, 2.45) is 5.16 Å². The maximum absolute atomic E-state index is 10.9. The molecular formula is C41H81BrNNaO7S. The molecule has 0 saturated carbocycles. The van der Waals surface area contributed by atoms with Gasteiger partial charge in [0.25, 0.3) is 0 Å². The number of halogens is 1. The molecule has 0 radical (unpaired) electrons. The average Bonchev–Trinajstić information content (AvgIpc) is 3.08. The van der Waals surface area contributed by atoms with E-state index < -0.39 is 10.4 Å². The van der Waals surface area contributed by atoms with E-state index in [0.717, 1.165) is 12.8 Å². The van der Waals surface area contributed by atoms with Crippen molar-refractivity contribution in [1.82, 2.24) is 0 Å². The van der Waals surface area contributed by atoms with Gasteiger partial charge in [0.05, 0.1) is 6.21 Å². The quantitative estimate of drug-likeness (QED) is 0.0376. The molecular weight excluding hydrogens is 753 g/mol. The van der Waals surface area contributed by atoms with Crippen molar-refractivity contribution in [1.29, 1.82) is 0 Å². The predicted octanol–water partition coefficient (Wildman–Crippen LogP) is 6.04. The van der Waals surface area contributed by atoms with Crippen molar-refractivity contribution in [2.75, 3.05) is 0 Å². The van der Waals surface area contributed by atoms with Crippen LogP contribution < -0.4 is 46.5 Å². The van der Waals surface area contributed by atoms with Gasteiger partial charge in [-0.2, -0.15) is 8.42 Å². The third-order valence-corrected chi connectivity index (χ3v) is 5.96. The number of allylic oxidation sites excluding steroid dienone is 2. The van der Waals surface area contributed by atoms with Gasteiger partial charge in [0.1, 0.15) is 0 Å². The molecule has 0 aliphatic carbocycles. The largest absolute Gasteiger partial charge is 1.00 e. The molecule has 11 heteroatoms. The second kappa shape index (κ2) is 54.3. The van der Waals surface area contributed by atoms with E-state index in [0.29, 0.717) is 0 Å². The zero-order chi connectivity index (χ0) is 35.5. The molecule has 0 spiro atoms. The Morgan fingerprint density at radius 1 is 0.596 bits per heavy atom. The van der Waals surface area contributed by atoms with Gasteiger partial charge < -0.3 is 17.0 Å². The Labute approximate surface area is 371 Å². The molecule has 0 saturated heterocycles. The molecule has 52 heavy (non-hydrogen) atoms. The summed E-state index contributed by atoms with van der Waals surface area (Å²) in [5, 5.41) is 17.2. The molecule has 306 valence electrons. The van der Waals surface area contributed by atoms with Gasteiger partial charge in [-0.15, -0.1) is 0 Å². The number of unbranched alkanes of at least 4 members (excludes halogenated alkanes) is 14. The smallest absolute Gasteiger partial charge is 1.00 e. The van der Waals surface area contributed by atoms with Crippen molar-refractivity contribution in [3.63, 3.8) is 0 Å². The Balaban J connectivity index is -0.0000000265. The van der Waals surface area contributed by atoms with E-state index in [4.69, 9.17) is 5.26 Å². The van der Waals surface area contributed by atoms with Crippen molar-refractivity contribution in [3.8, 4) is 107 Å². The molecule has 0 aliphatic heterocycles. The summed E-state index contributed by atoms with van der Waals surface area (Å²) < 4.78 is 29.3. The van der Waals surface area contributed by atoms with Crippen molar-refractivity contribution < 1.29 is 100 Å². The first-order valence-corrected chi connectivity index (χ1v) is 17.0. The molecule has 0 aromatic heterocycles. The second-order valence-electron chi connectivity index (χ2n) is 9.26. The summed E-state index contributed by atoms with van der Waals surface area (Å²) in [4.78, 5) is 0. The Hall–Kier alpha value is -3.48. The van der Waals surface area contributed by atoms with Gasteiger partial charge >= 0.3 is 40.0 Å². The van der Waals surface area contributed by atoms with Crippen LogP contribution in [0.5, 0.6) is 0 Å². The number of oxime groups is 1. The Bertz CT molecular complexity index is 1610. The molecule has 0 rings (SSSR count). The molecule has 0 bridgehead atoms. The van der Waals surface area contributed by atoms with Crippen LogP contribution in [0.1, 0.15) is 153 Å². The first-order valence-electron chi connectivity index (χ1n) is 15.7. The summed E-state index contributed by atoms with van der Waals surface area (Å²) in [6.45, 7) is 5.66. The van der Waals surface area contributed by atoms with Crippen LogP contribution in [0.4, 0.5) is 0 Å². The summed E-state index contributed by atoms with van der Waals surface area (Å²) in [6.07, 6.45) is 24.1. The van der Waals surface area contributed by atoms with Crippen LogP contribution in [-0.4, -0.2) is 19.9 Å². The van der Waals surface area contributed by atoms with E-state index in [-0.39, 0.29) is 82.8 Å². The first-order chi connectivity index (χ1) is 23.5. The summed E-state index contributed by atoms with van der Waals surface area (Å²) in [6, 6.07) is 0. The van der Waals surface area contributed by atoms with E-state index >= 15 is 0 Å². The van der Waals surface area contributed by atoms with Crippen LogP contribution in [0.15, 0.2) is 17.3 Å². The maximum atomic E-state index is 10.9. The van der Waals surface area contributed by atoms with E-state index in [1.165, 1.54) is 89.7 Å². The third-order valence-electron chi connectivity index (χ3n) is 5.47. The minimum atomic E-state index is -4.51. The van der Waals surface area contributed by atoms with Gasteiger partial charge in [-0.05, 0) is 142 Å². The molecule has 1 N–H and O–H groups in total. The molecule has 0 heterocycles. The van der Waals surface area contributed by atoms with Gasteiger partial charge in [0.15, 0.2) is 0 Å². The molecule has 0 fully saturated rings. The minimum absolute atomic E-state index is 0. The van der Waals surface area contributed by atoms with Crippen molar-refractivity contribution in [2.45, 2.75) is 132 Å². The SMILES string of the molecule is C.C.CC#CC#CC#CC#CC#CC#CC#CC#CC#CC.CCCCCCCCCCCCCCCC/C=C/C=N\OS(=O)(=O)OOOO.[Br-].[HH].[HH].[HH].[HH].[HH].[HH].[HH].[HH].[HH].[HH].[HH].[HH].[HH].[HH].[HH].[Na+]. The van der Waals surface area contributed by atoms with Gasteiger partial charge in [-0.25, -0.2) is 9.54 Å².